The molecule has 26 heavy (non-hydrogen) atoms. The number of nitrogens with two attached hydrogens (primary N) is 1. The number of methoxy groups -OCH3 is 1. The normalized spacial score (nSPS) is 10.9. The molecule has 0 saturated heterocycles. The van der Waals surface area contributed by atoms with Gasteiger partial charge in [-0.25, -0.2) is 4.79 Å². The second-order valence-electron chi connectivity index (χ2n) is 6.80. The summed E-state index contributed by atoms with van der Waals surface area (Å²) in [5.41, 5.74) is 7.33. The highest BCUT2D eigenvalue weighted by Crippen LogP contribution is 2.27. The molecular formula is C20H24N2O4. The topological polar surface area (TPSA) is 90.7 Å². The number of carbonyl (C=O) groups is 2. The van der Waals surface area contributed by atoms with Crippen LogP contribution in [0.1, 0.15) is 42.3 Å². The first-order valence-corrected chi connectivity index (χ1v) is 8.24. The number of amides is 1. The molecule has 0 unspecified atom stereocenters. The van der Waals surface area contributed by atoms with E-state index in [0.717, 1.165) is 0 Å². The fraction of sp³-hybridized carbons (Fsp3) is 0.300. The summed E-state index contributed by atoms with van der Waals surface area (Å²) in [4.78, 5) is 24.6. The van der Waals surface area contributed by atoms with Crippen LogP contribution < -0.4 is 15.8 Å². The Kier molecular flexibility index (Phi) is 5.87. The molecule has 2 rings (SSSR count). The van der Waals surface area contributed by atoms with Crippen LogP contribution in [0.15, 0.2) is 42.5 Å². The Morgan fingerprint density at radius 2 is 1.77 bits per heavy atom. The molecular weight excluding hydrogens is 332 g/mol. The number of anilines is 1. The highest BCUT2D eigenvalue weighted by molar-refractivity contribution is 6.12. The number of carbonyl (C=O) groups excluding carboxylic acids is 2. The first-order valence-electron chi connectivity index (χ1n) is 8.24. The zero-order valence-corrected chi connectivity index (χ0v) is 15.5. The number of ketones is 1. The van der Waals surface area contributed by atoms with Crippen molar-refractivity contribution < 1.29 is 19.1 Å². The van der Waals surface area contributed by atoms with Gasteiger partial charge in [-0.15, -0.1) is 0 Å². The number of rotatable bonds is 5. The molecule has 0 saturated carbocycles. The molecule has 0 aromatic heterocycles. The van der Waals surface area contributed by atoms with Gasteiger partial charge in [-0.3, -0.25) is 4.79 Å². The lowest BCUT2D eigenvalue weighted by Crippen LogP contribution is -2.32. The summed E-state index contributed by atoms with van der Waals surface area (Å²) >= 11 is 0. The third-order valence-electron chi connectivity index (χ3n) is 3.58. The van der Waals surface area contributed by atoms with Gasteiger partial charge >= 0.3 is 6.09 Å². The SMILES string of the molecule is COc1cc(CNC(=O)OC(C)(C)C)c(N)c(C(=O)c2ccccc2)c1. The van der Waals surface area contributed by atoms with Gasteiger partial charge in [0.15, 0.2) is 5.78 Å². The molecule has 2 aromatic carbocycles. The van der Waals surface area contributed by atoms with E-state index in [0.29, 0.717) is 28.1 Å². The van der Waals surface area contributed by atoms with Crippen LogP contribution >= 0.6 is 0 Å². The minimum Gasteiger partial charge on any atom is -0.497 e. The highest BCUT2D eigenvalue weighted by Gasteiger charge is 2.19. The van der Waals surface area contributed by atoms with Gasteiger partial charge in [0, 0.05) is 23.4 Å². The Balaban J connectivity index is 2.28. The highest BCUT2D eigenvalue weighted by atomic mass is 16.6. The van der Waals surface area contributed by atoms with Crippen molar-refractivity contribution in [3.8, 4) is 5.75 Å². The predicted octanol–water partition coefficient (Wildman–Crippen LogP) is 3.53. The fourth-order valence-electron chi connectivity index (χ4n) is 2.36. The summed E-state index contributed by atoms with van der Waals surface area (Å²) in [6.07, 6.45) is -0.560. The molecule has 1 amide bonds. The Hall–Kier alpha value is -3.02. The van der Waals surface area contributed by atoms with Crippen molar-refractivity contribution in [2.45, 2.75) is 32.9 Å². The van der Waals surface area contributed by atoms with E-state index in [9.17, 15) is 9.59 Å². The van der Waals surface area contributed by atoms with Crippen LogP contribution in [-0.4, -0.2) is 24.6 Å². The fourth-order valence-corrected chi connectivity index (χ4v) is 2.36. The van der Waals surface area contributed by atoms with Crippen molar-refractivity contribution in [2.24, 2.45) is 0 Å². The third-order valence-corrected chi connectivity index (χ3v) is 3.58. The lowest BCUT2D eigenvalue weighted by molar-refractivity contribution is 0.0523. The van der Waals surface area contributed by atoms with E-state index in [1.54, 1.807) is 57.2 Å². The lowest BCUT2D eigenvalue weighted by atomic mass is 9.98. The number of hydrogen-bond acceptors (Lipinski definition) is 5. The van der Waals surface area contributed by atoms with Crippen molar-refractivity contribution in [3.05, 3.63) is 59.2 Å². The molecule has 0 fully saturated rings. The predicted molar refractivity (Wildman–Crippen MR) is 100 cm³/mol. The van der Waals surface area contributed by atoms with Crippen molar-refractivity contribution in [3.63, 3.8) is 0 Å². The second-order valence-corrected chi connectivity index (χ2v) is 6.80. The molecule has 0 atom stereocenters. The molecule has 0 aliphatic heterocycles. The molecule has 3 N–H and O–H groups in total. The number of ether oxygens (including phenoxy) is 2. The number of nitrogen functional groups attached to an aromatic ring is 1. The van der Waals surface area contributed by atoms with Gasteiger partial charge in [0.25, 0.3) is 0 Å². The monoisotopic (exact) mass is 356 g/mol. The molecule has 0 aliphatic rings. The van der Waals surface area contributed by atoms with Crippen LogP contribution in [-0.2, 0) is 11.3 Å². The molecule has 0 spiro atoms. The van der Waals surface area contributed by atoms with E-state index in [1.807, 2.05) is 6.07 Å². The van der Waals surface area contributed by atoms with E-state index in [4.69, 9.17) is 15.2 Å². The summed E-state index contributed by atoms with van der Waals surface area (Å²) in [5.74, 6) is 0.278. The van der Waals surface area contributed by atoms with Crippen LogP contribution in [0, 0.1) is 0 Å². The Bertz CT molecular complexity index is 795. The Morgan fingerprint density at radius 3 is 2.35 bits per heavy atom. The molecule has 0 aliphatic carbocycles. The lowest BCUT2D eigenvalue weighted by Gasteiger charge is -2.20. The first-order chi connectivity index (χ1) is 12.2. The van der Waals surface area contributed by atoms with E-state index in [2.05, 4.69) is 5.32 Å². The Labute approximate surface area is 153 Å². The standard InChI is InChI=1S/C20H24N2O4/c1-20(2,3)26-19(24)22-12-14-10-15(25-4)11-16(17(14)21)18(23)13-8-6-5-7-9-13/h5-11H,12,21H2,1-4H3,(H,22,24). The van der Waals surface area contributed by atoms with Gasteiger partial charge in [0.2, 0.25) is 0 Å². The maximum atomic E-state index is 12.8. The average molecular weight is 356 g/mol. The van der Waals surface area contributed by atoms with Crippen LogP contribution in [0.5, 0.6) is 5.75 Å². The number of alkyl carbamates (subject to hydrolysis) is 1. The van der Waals surface area contributed by atoms with Crippen molar-refractivity contribution in [1.82, 2.24) is 5.32 Å². The number of hydrogen-bond donors (Lipinski definition) is 2. The largest absolute Gasteiger partial charge is 0.497 e. The molecule has 0 bridgehead atoms. The number of nitrogens with one attached hydrogen (secondary N) is 1. The van der Waals surface area contributed by atoms with Crippen LogP contribution in [0.25, 0.3) is 0 Å². The summed E-state index contributed by atoms with van der Waals surface area (Å²) in [6, 6.07) is 12.1. The van der Waals surface area contributed by atoms with Crippen LogP contribution in [0.4, 0.5) is 10.5 Å². The zero-order chi connectivity index (χ0) is 19.3. The van der Waals surface area contributed by atoms with E-state index in [1.165, 1.54) is 7.11 Å². The van der Waals surface area contributed by atoms with Gasteiger partial charge in [-0.05, 0) is 38.5 Å². The maximum absolute atomic E-state index is 12.8. The second kappa shape index (κ2) is 7.91. The first kappa shape index (κ1) is 19.3. The van der Waals surface area contributed by atoms with Crippen LogP contribution in [0.2, 0.25) is 0 Å². The number of benzene rings is 2. The van der Waals surface area contributed by atoms with Gasteiger partial charge in [-0.2, -0.15) is 0 Å². The smallest absolute Gasteiger partial charge is 0.407 e. The quantitative estimate of drug-likeness (QED) is 0.632. The average Bonchev–Trinajstić information content (AvgIpc) is 2.59. The van der Waals surface area contributed by atoms with Crippen molar-refractivity contribution in [1.29, 1.82) is 0 Å². The van der Waals surface area contributed by atoms with Crippen LogP contribution in [0.3, 0.4) is 0 Å². The van der Waals surface area contributed by atoms with E-state index in [-0.39, 0.29) is 12.3 Å². The van der Waals surface area contributed by atoms with E-state index >= 15 is 0 Å². The molecule has 2 aromatic rings. The maximum Gasteiger partial charge on any atom is 0.407 e. The van der Waals surface area contributed by atoms with Crippen molar-refractivity contribution >= 4 is 17.6 Å². The molecule has 0 radical (unpaired) electrons. The molecule has 0 heterocycles. The van der Waals surface area contributed by atoms with E-state index < -0.39 is 11.7 Å². The molecule has 6 heteroatoms. The minimum absolute atomic E-state index is 0.118. The van der Waals surface area contributed by atoms with Gasteiger partial charge in [-0.1, -0.05) is 30.3 Å². The van der Waals surface area contributed by atoms with Crippen molar-refractivity contribution in [2.75, 3.05) is 12.8 Å². The summed E-state index contributed by atoms with van der Waals surface area (Å²) < 4.78 is 10.5. The van der Waals surface area contributed by atoms with Gasteiger partial charge in [0.05, 0.1) is 7.11 Å². The third kappa shape index (κ3) is 4.99. The zero-order valence-electron chi connectivity index (χ0n) is 15.5. The summed E-state index contributed by atoms with van der Waals surface area (Å²) in [5, 5.41) is 2.65. The molecule has 6 nitrogen and oxygen atoms in total. The Morgan fingerprint density at radius 1 is 1.12 bits per heavy atom. The van der Waals surface area contributed by atoms with Gasteiger partial charge < -0.3 is 20.5 Å². The van der Waals surface area contributed by atoms with Gasteiger partial charge in [0.1, 0.15) is 11.4 Å². The summed E-state index contributed by atoms with van der Waals surface area (Å²) in [7, 11) is 1.51. The minimum atomic E-state index is -0.599. The summed E-state index contributed by atoms with van der Waals surface area (Å²) in [6.45, 7) is 5.46. The molecule has 138 valence electrons.